The number of aliphatic carboxylic acids is 1. The quantitative estimate of drug-likeness (QED) is 0.525. The van der Waals surface area contributed by atoms with Gasteiger partial charge in [-0.15, -0.1) is 0 Å². The van der Waals surface area contributed by atoms with Gasteiger partial charge in [0.05, 0.1) is 12.9 Å². The lowest BCUT2D eigenvalue weighted by molar-refractivity contribution is -0.134. The lowest BCUT2D eigenvalue weighted by atomic mass is 10.5. The first-order valence-electron chi connectivity index (χ1n) is 3.49. The molecule has 0 radical (unpaired) electrons. The van der Waals surface area contributed by atoms with Crippen molar-refractivity contribution in [2.24, 2.45) is 0 Å². The molecule has 12 heavy (non-hydrogen) atoms. The van der Waals surface area contributed by atoms with Gasteiger partial charge in [0.2, 0.25) is 0 Å². The van der Waals surface area contributed by atoms with E-state index in [1.54, 1.807) is 13.4 Å². The number of carboxylic acid groups (broad SMARTS) is 1. The molecule has 0 aromatic rings. The summed E-state index contributed by atoms with van der Waals surface area (Å²) in [6.45, 7) is 1.81. The first-order valence-corrected chi connectivity index (χ1v) is 5.22. The minimum Gasteiger partial charge on any atom is -0.617 e. The second kappa shape index (κ2) is 10.7. The topological polar surface area (TPSA) is 69.6 Å². The standard InChI is InChI=1S/C5H12O2S.C2H4O2/c1-7-4-3-5-8(2)6;1-2(3)4/h3-5H2,1-2H3;1H3,(H,3,4). The van der Waals surface area contributed by atoms with Gasteiger partial charge < -0.3 is 14.4 Å². The Labute approximate surface area is 76.1 Å². The molecule has 0 rings (SSSR count). The Balaban J connectivity index is 0. The highest BCUT2D eigenvalue weighted by Crippen LogP contribution is 1.87. The van der Waals surface area contributed by atoms with Gasteiger partial charge in [0.1, 0.15) is 5.75 Å². The Morgan fingerprint density at radius 1 is 1.67 bits per heavy atom. The van der Waals surface area contributed by atoms with Crippen molar-refractivity contribution in [3.63, 3.8) is 0 Å². The third-order valence-corrected chi connectivity index (χ3v) is 1.64. The molecule has 0 aliphatic carbocycles. The van der Waals surface area contributed by atoms with Gasteiger partial charge in [0.15, 0.2) is 0 Å². The lowest BCUT2D eigenvalue weighted by Gasteiger charge is -2.02. The molecule has 0 amide bonds. The van der Waals surface area contributed by atoms with E-state index in [9.17, 15) is 4.55 Å². The van der Waals surface area contributed by atoms with Crippen LogP contribution in [0.25, 0.3) is 0 Å². The summed E-state index contributed by atoms with van der Waals surface area (Å²) < 4.78 is 15.1. The Hall–Kier alpha value is -0.260. The van der Waals surface area contributed by atoms with Crippen LogP contribution < -0.4 is 0 Å². The summed E-state index contributed by atoms with van der Waals surface area (Å²) in [7, 11) is 1.65. The monoisotopic (exact) mass is 196 g/mol. The van der Waals surface area contributed by atoms with E-state index in [0.29, 0.717) is 0 Å². The van der Waals surface area contributed by atoms with Gasteiger partial charge in [-0.25, -0.2) is 0 Å². The van der Waals surface area contributed by atoms with Crippen molar-refractivity contribution in [2.75, 3.05) is 25.7 Å². The zero-order valence-electron chi connectivity index (χ0n) is 7.70. The summed E-state index contributed by atoms with van der Waals surface area (Å²) in [4.78, 5) is 9.00. The first kappa shape index (κ1) is 14.3. The molecule has 0 saturated carbocycles. The van der Waals surface area contributed by atoms with Gasteiger partial charge in [-0.05, 0) is 0 Å². The van der Waals surface area contributed by atoms with Crippen molar-refractivity contribution in [3.05, 3.63) is 0 Å². The molecule has 5 heteroatoms. The molecule has 0 aromatic heterocycles. The number of rotatable bonds is 4. The fourth-order valence-corrected chi connectivity index (χ4v) is 0.931. The van der Waals surface area contributed by atoms with Crippen molar-refractivity contribution in [1.82, 2.24) is 0 Å². The van der Waals surface area contributed by atoms with Crippen molar-refractivity contribution in [2.45, 2.75) is 13.3 Å². The van der Waals surface area contributed by atoms with Crippen LogP contribution in [0.15, 0.2) is 0 Å². The third-order valence-electron chi connectivity index (χ3n) is 0.780. The van der Waals surface area contributed by atoms with Crippen molar-refractivity contribution >= 4 is 17.1 Å². The average molecular weight is 196 g/mol. The molecule has 1 atom stereocenters. The van der Waals surface area contributed by atoms with E-state index in [1.807, 2.05) is 0 Å². The Morgan fingerprint density at radius 2 is 2.08 bits per heavy atom. The second-order valence-electron chi connectivity index (χ2n) is 2.14. The van der Waals surface area contributed by atoms with Gasteiger partial charge in [-0.2, -0.15) is 0 Å². The molecular formula is C7H16O4S. The highest BCUT2D eigenvalue weighted by molar-refractivity contribution is 7.90. The van der Waals surface area contributed by atoms with Crippen LogP contribution >= 0.6 is 0 Å². The van der Waals surface area contributed by atoms with Crippen molar-refractivity contribution in [1.29, 1.82) is 0 Å². The molecule has 74 valence electrons. The summed E-state index contributed by atoms with van der Waals surface area (Å²) in [5, 5.41) is 7.42. The molecule has 1 unspecified atom stereocenters. The number of methoxy groups -OCH3 is 1. The molecule has 0 bridgehead atoms. The molecule has 0 fully saturated rings. The van der Waals surface area contributed by atoms with Crippen LogP contribution in [0.4, 0.5) is 0 Å². The molecule has 0 spiro atoms. The summed E-state index contributed by atoms with van der Waals surface area (Å²) in [5.74, 6) is -0.0756. The van der Waals surface area contributed by atoms with Gasteiger partial charge in [0, 0.05) is 20.5 Å². The maximum Gasteiger partial charge on any atom is 0.300 e. The zero-order chi connectivity index (χ0) is 9.98. The molecular weight excluding hydrogens is 180 g/mol. The van der Waals surface area contributed by atoms with Crippen LogP contribution in [0.2, 0.25) is 0 Å². The summed E-state index contributed by atoms with van der Waals surface area (Å²) in [5.41, 5.74) is 0. The van der Waals surface area contributed by atoms with Crippen molar-refractivity contribution < 1.29 is 19.2 Å². The van der Waals surface area contributed by atoms with E-state index in [2.05, 4.69) is 0 Å². The van der Waals surface area contributed by atoms with Gasteiger partial charge >= 0.3 is 0 Å². The number of hydrogen-bond donors (Lipinski definition) is 1. The lowest BCUT2D eigenvalue weighted by Crippen LogP contribution is -2.05. The first-order chi connectivity index (χ1) is 5.50. The van der Waals surface area contributed by atoms with E-state index in [0.717, 1.165) is 25.7 Å². The second-order valence-corrected chi connectivity index (χ2v) is 3.70. The zero-order valence-corrected chi connectivity index (χ0v) is 8.52. The predicted octanol–water partition coefficient (Wildman–Crippen LogP) is 0.492. The van der Waals surface area contributed by atoms with Crippen LogP contribution in [-0.4, -0.2) is 41.4 Å². The van der Waals surface area contributed by atoms with Crippen LogP contribution in [0.5, 0.6) is 0 Å². The predicted molar refractivity (Wildman–Crippen MR) is 48.7 cm³/mol. The van der Waals surface area contributed by atoms with Gasteiger partial charge in [0.25, 0.3) is 5.97 Å². The highest BCUT2D eigenvalue weighted by atomic mass is 32.2. The van der Waals surface area contributed by atoms with E-state index in [-0.39, 0.29) is 0 Å². The maximum atomic E-state index is 10.4. The van der Waals surface area contributed by atoms with Crippen LogP contribution in [-0.2, 0) is 20.7 Å². The number of carbonyl (C=O) groups is 1. The van der Waals surface area contributed by atoms with Crippen LogP contribution in [0.1, 0.15) is 13.3 Å². The fourth-order valence-electron chi connectivity index (χ4n) is 0.407. The molecule has 0 aliphatic heterocycles. The average Bonchev–Trinajstić information content (AvgIpc) is 1.86. The number of ether oxygens (including phenoxy) is 1. The Bertz CT molecular complexity index is 102. The molecule has 1 N–H and O–H groups in total. The SMILES string of the molecule is CC(=O)O.COCCC[S+](C)[O-]. The van der Waals surface area contributed by atoms with Gasteiger partial charge in [-0.3, -0.25) is 4.79 Å². The maximum absolute atomic E-state index is 10.4. The van der Waals surface area contributed by atoms with Crippen LogP contribution in [0.3, 0.4) is 0 Å². The van der Waals surface area contributed by atoms with E-state index in [1.165, 1.54) is 0 Å². The Morgan fingerprint density at radius 3 is 2.33 bits per heavy atom. The van der Waals surface area contributed by atoms with E-state index >= 15 is 0 Å². The molecule has 0 aromatic carbocycles. The van der Waals surface area contributed by atoms with Crippen molar-refractivity contribution in [3.8, 4) is 0 Å². The van der Waals surface area contributed by atoms with E-state index in [4.69, 9.17) is 14.6 Å². The Kier molecular flexibility index (Phi) is 12.8. The number of carboxylic acids is 1. The van der Waals surface area contributed by atoms with Gasteiger partial charge in [-0.1, -0.05) is 11.2 Å². The largest absolute Gasteiger partial charge is 0.617 e. The molecule has 0 aliphatic rings. The summed E-state index contributed by atoms with van der Waals surface area (Å²) in [6, 6.07) is 0. The smallest absolute Gasteiger partial charge is 0.300 e. The minimum atomic E-state index is -0.833. The minimum absolute atomic E-state index is 0.647. The summed E-state index contributed by atoms with van der Waals surface area (Å²) in [6.07, 6.45) is 2.61. The third kappa shape index (κ3) is 33.1. The summed E-state index contributed by atoms with van der Waals surface area (Å²) >= 11 is -0.647. The molecule has 4 nitrogen and oxygen atoms in total. The normalized spacial score (nSPS) is 11.3. The van der Waals surface area contributed by atoms with E-state index < -0.39 is 17.1 Å². The highest BCUT2D eigenvalue weighted by Gasteiger charge is 1.93. The van der Waals surface area contributed by atoms with Crippen LogP contribution in [0, 0.1) is 0 Å². The molecule has 0 saturated heterocycles. The number of hydrogen-bond acceptors (Lipinski definition) is 3. The molecule has 0 heterocycles. The fraction of sp³-hybridized carbons (Fsp3) is 0.857.